The molecule has 1 heterocycles. The fourth-order valence-corrected chi connectivity index (χ4v) is 3.23. The topological polar surface area (TPSA) is 52.3 Å². The van der Waals surface area contributed by atoms with E-state index in [1.165, 1.54) is 17.5 Å². The number of fused-ring (bicyclic) bond motifs is 1. The molecule has 25 heavy (non-hydrogen) atoms. The molecule has 0 fully saturated rings. The maximum absolute atomic E-state index is 12.1. The van der Waals surface area contributed by atoms with E-state index in [-0.39, 0.29) is 19.0 Å². The van der Waals surface area contributed by atoms with Gasteiger partial charge in [0.25, 0.3) is 0 Å². The van der Waals surface area contributed by atoms with E-state index in [4.69, 9.17) is 9.26 Å². The lowest BCUT2D eigenvalue weighted by atomic mass is 10.0. The first-order valence-electron chi connectivity index (χ1n) is 8.55. The molecule has 0 saturated carbocycles. The lowest BCUT2D eigenvalue weighted by Crippen LogP contribution is -2.08. The molecule has 0 bridgehead atoms. The molecule has 1 aromatic heterocycles. The molecule has 0 unspecified atom stereocenters. The Kier molecular flexibility index (Phi) is 4.34. The number of rotatable bonds is 5. The number of hydrogen-bond acceptors (Lipinski definition) is 4. The van der Waals surface area contributed by atoms with Gasteiger partial charge < -0.3 is 9.26 Å². The minimum absolute atomic E-state index is 0.125. The monoisotopic (exact) mass is 333 g/mol. The second-order valence-corrected chi connectivity index (χ2v) is 6.34. The summed E-state index contributed by atoms with van der Waals surface area (Å²) in [6.07, 6.45) is 3.76. The summed E-state index contributed by atoms with van der Waals surface area (Å²) in [4.78, 5) is 12.1. The lowest BCUT2D eigenvalue weighted by molar-refractivity contribution is -0.144. The van der Waals surface area contributed by atoms with E-state index in [0.717, 1.165) is 24.0 Å². The number of esters is 1. The lowest BCUT2D eigenvalue weighted by Gasteiger charge is -2.05. The maximum Gasteiger partial charge on any atom is 0.310 e. The quantitative estimate of drug-likeness (QED) is 0.659. The number of nitrogens with zero attached hydrogens (tertiary/aromatic N) is 1. The molecule has 0 spiro atoms. The van der Waals surface area contributed by atoms with Crippen molar-refractivity contribution in [3.05, 3.63) is 77.0 Å². The summed E-state index contributed by atoms with van der Waals surface area (Å²) in [6.45, 7) is 0.125. The van der Waals surface area contributed by atoms with E-state index in [9.17, 15) is 4.79 Å². The van der Waals surface area contributed by atoms with Gasteiger partial charge in [0, 0.05) is 11.6 Å². The number of benzene rings is 2. The van der Waals surface area contributed by atoms with Gasteiger partial charge in [0.05, 0.1) is 6.42 Å². The Morgan fingerprint density at radius 2 is 1.88 bits per heavy atom. The van der Waals surface area contributed by atoms with Crippen molar-refractivity contribution in [2.24, 2.45) is 0 Å². The largest absolute Gasteiger partial charge is 0.459 e. The van der Waals surface area contributed by atoms with Gasteiger partial charge in [-0.1, -0.05) is 53.7 Å². The fraction of sp³-hybridized carbons (Fsp3) is 0.238. The third-order valence-electron chi connectivity index (χ3n) is 4.51. The Bertz CT molecular complexity index is 883. The van der Waals surface area contributed by atoms with Crippen molar-refractivity contribution in [1.82, 2.24) is 5.16 Å². The van der Waals surface area contributed by atoms with Crippen molar-refractivity contribution in [3.63, 3.8) is 0 Å². The third-order valence-corrected chi connectivity index (χ3v) is 4.51. The molecule has 1 aliphatic rings. The van der Waals surface area contributed by atoms with Crippen LogP contribution in [0.4, 0.5) is 0 Å². The molecule has 3 aromatic rings. The number of aryl methyl sites for hydroxylation is 2. The SMILES string of the molecule is O=C(Cc1ccc2c(c1)CCC2)OCc1cc(-c2ccccc2)on1. The first-order chi connectivity index (χ1) is 12.3. The average Bonchev–Trinajstić information content (AvgIpc) is 3.30. The zero-order chi connectivity index (χ0) is 17.1. The standard InChI is InChI=1S/C21H19NO3/c23-21(12-15-9-10-16-7-4-8-18(16)11-15)24-14-19-13-20(25-22-19)17-5-2-1-3-6-17/h1-3,5-6,9-11,13H,4,7-8,12,14H2. The van der Waals surface area contributed by atoms with Crippen molar-refractivity contribution >= 4 is 5.97 Å². The van der Waals surface area contributed by atoms with Crippen molar-refractivity contribution in [1.29, 1.82) is 0 Å². The van der Waals surface area contributed by atoms with Crippen LogP contribution in [-0.2, 0) is 35.4 Å². The zero-order valence-electron chi connectivity index (χ0n) is 13.9. The summed E-state index contributed by atoms with van der Waals surface area (Å²) in [7, 11) is 0. The average molecular weight is 333 g/mol. The Morgan fingerprint density at radius 1 is 1.04 bits per heavy atom. The molecule has 1 aliphatic carbocycles. The first kappa shape index (κ1) is 15.6. The van der Waals surface area contributed by atoms with Crippen molar-refractivity contribution < 1.29 is 14.1 Å². The Balaban J connectivity index is 1.34. The molecule has 0 atom stereocenters. The molecule has 0 N–H and O–H groups in total. The van der Waals surface area contributed by atoms with Crippen LogP contribution in [0.1, 0.15) is 28.8 Å². The van der Waals surface area contributed by atoms with Gasteiger partial charge in [-0.3, -0.25) is 4.79 Å². The summed E-state index contributed by atoms with van der Waals surface area (Å²) < 4.78 is 10.6. The van der Waals surface area contributed by atoms with Crippen LogP contribution in [0.3, 0.4) is 0 Å². The van der Waals surface area contributed by atoms with Gasteiger partial charge >= 0.3 is 5.97 Å². The minimum Gasteiger partial charge on any atom is -0.459 e. The summed E-state index contributed by atoms with van der Waals surface area (Å²) >= 11 is 0. The highest BCUT2D eigenvalue weighted by atomic mass is 16.5. The molecule has 4 rings (SSSR count). The number of carbonyl (C=O) groups is 1. The second-order valence-electron chi connectivity index (χ2n) is 6.34. The first-order valence-corrected chi connectivity index (χ1v) is 8.55. The van der Waals surface area contributed by atoms with E-state index in [1.807, 2.05) is 36.4 Å². The predicted molar refractivity (Wildman–Crippen MR) is 93.9 cm³/mol. The van der Waals surface area contributed by atoms with Gasteiger partial charge in [0.1, 0.15) is 12.3 Å². The molecular formula is C21H19NO3. The number of carbonyl (C=O) groups excluding carboxylic acids is 1. The van der Waals surface area contributed by atoms with Crippen LogP contribution in [-0.4, -0.2) is 11.1 Å². The molecule has 2 aromatic carbocycles. The van der Waals surface area contributed by atoms with Crippen molar-refractivity contribution in [2.45, 2.75) is 32.3 Å². The van der Waals surface area contributed by atoms with E-state index in [2.05, 4.69) is 17.3 Å². The van der Waals surface area contributed by atoms with Crippen LogP contribution in [0.25, 0.3) is 11.3 Å². The summed E-state index contributed by atoms with van der Waals surface area (Å²) in [5.41, 5.74) is 5.35. The normalized spacial score (nSPS) is 12.8. The Morgan fingerprint density at radius 3 is 2.76 bits per heavy atom. The van der Waals surface area contributed by atoms with Gasteiger partial charge in [-0.2, -0.15) is 0 Å². The number of hydrogen-bond donors (Lipinski definition) is 0. The van der Waals surface area contributed by atoms with Crippen molar-refractivity contribution in [2.75, 3.05) is 0 Å². The van der Waals surface area contributed by atoms with Crippen LogP contribution in [0, 0.1) is 0 Å². The summed E-state index contributed by atoms with van der Waals surface area (Å²) in [5, 5.41) is 3.97. The molecule has 0 aliphatic heterocycles. The third kappa shape index (κ3) is 3.63. The Labute approximate surface area is 146 Å². The highest BCUT2D eigenvalue weighted by molar-refractivity contribution is 5.72. The second kappa shape index (κ2) is 6.93. The fourth-order valence-electron chi connectivity index (χ4n) is 3.23. The zero-order valence-corrected chi connectivity index (χ0v) is 13.9. The summed E-state index contributed by atoms with van der Waals surface area (Å²) in [5.74, 6) is 0.424. The molecule has 0 radical (unpaired) electrons. The van der Waals surface area contributed by atoms with Crippen LogP contribution in [0.5, 0.6) is 0 Å². The summed E-state index contributed by atoms with van der Waals surface area (Å²) in [6, 6.07) is 17.8. The smallest absolute Gasteiger partial charge is 0.310 e. The molecular weight excluding hydrogens is 314 g/mol. The molecule has 0 saturated heterocycles. The highest BCUT2D eigenvalue weighted by Gasteiger charge is 2.13. The van der Waals surface area contributed by atoms with Gasteiger partial charge in [0.2, 0.25) is 0 Å². The van der Waals surface area contributed by atoms with E-state index < -0.39 is 0 Å². The maximum atomic E-state index is 12.1. The molecule has 126 valence electrons. The number of ether oxygens (including phenoxy) is 1. The van der Waals surface area contributed by atoms with Crippen LogP contribution in [0.2, 0.25) is 0 Å². The van der Waals surface area contributed by atoms with Crippen LogP contribution >= 0.6 is 0 Å². The number of aromatic nitrogens is 1. The van der Waals surface area contributed by atoms with Gasteiger partial charge in [-0.05, 0) is 36.0 Å². The van der Waals surface area contributed by atoms with E-state index in [0.29, 0.717) is 11.5 Å². The minimum atomic E-state index is -0.248. The van der Waals surface area contributed by atoms with Gasteiger partial charge in [-0.15, -0.1) is 0 Å². The van der Waals surface area contributed by atoms with E-state index >= 15 is 0 Å². The van der Waals surface area contributed by atoms with E-state index in [1.54, 1.807) is 6.07 Å². The molecule has 4 heteroatoms. The highest BCUT2D eigenvalue weighted by Crippen LogP contribution is 2.23. The molecule has 4 nitrogen and oxygen atoms in total. The Hall–Kier alpha value is -2.88. The van der Waals surface area contributed by atoms with Crippen molar-refractivity contribution in [3.8, 4) is 11.3 Å². The molecule has 0 amide bonds. The van der Waals surface area contributed by atoms with Gasteiger partial charge in [-0.25, -0.2) is 0 Å². The van der Waals surface area contributed by atoms with Gasteiger partial charge in [0.15, 0.2) is 5.76 Å². The van der Waals surface area contributed by atoms with Crippen LogP contribution in [0.15, 0.2) is 59.1 Å². The van der Waals surface area contributed by atoms with Crippen LogP contribution < -0.4 is 0 Å². The predicted octanol–water partition coefficient (Wildman–Crippen LogP) is 4.12.